The summed E-state index contributed by atoms with van der Waals surface area (Å²) in [7, 11) is 0. The summed E-state index contributed by atoms with van der Waals surface area (Å²) in [5.74, 6) is 2.60. The third-order valence-electron chi connectivity index (χ3n) is 3.62. The Hall–Kier alpha value is -2.40. The maximum Gasteiger partial charge on any atom is 0.162 e. The quantitative estimate of drug-likeness (QED) is 0.681. The van der Waals surface area contributed by atoms with E-state index in [4.69, 9.17) is 9.47 Å². The van der Waals surface area contributed by atoms with E-state index in [9.17, 15) is 0 Å². The van der Waals surface area contributed by atoms with Gasteiger partial charge in [0, 0.05) is 23.0 Å². The fraction of sp³-hybridized carbons (Fsp3) is 0.167. The van der Waals surface area contributed by atoms with Crippen molar-refractivity contribution in [3.63, 3.8) is 0 Å². The molecule has 4 rings (SSSR count). The summed E-state index contributed by atoms with van der Waals surface area (Å²) in [4.78, 5) is 1.19. The number of hydrogen-bond donors (Lipinski definition) is 0. The van der Waals surface area contributed by atoms with Gasteiger partial charge in [-0.1, -0.05) is 12.1 Å². The van der Waals surface area contributed by atoms with Crippen molar-refractivity contribution in [2.75, 3.05) is 13.2 Å². The summed E-state index contributed by atoms with van der Waals surface area (Å²) in [6.45, 7) is 1.25. The predicted molar refractivity (Wildman–Crippen MR) is 90.6 cm³/mol. The number of nitrogens with zero attached hydrogens (tertiary/aromatic N) is 2. The molecule has 3 aromatic rings. The number of fused-ring (bicyclic) bond motifs is 1. The molecule has 2 heterocycles. The van der Waals surface area contributed by atoms with Gasteiger partial charge in [-0.25, -0.2) is 4.68 Å². The normalized spacial score (nSPS) is 13.0. The van der Waals surface area contributed by atoms with Crippen molar-refractivity contribution in [1.29, 1.82) is 0 Å². The number of thioether (sulfide) groups is 1. The highest BCUT2D eigenvalue weighted by Crippen LogP contribution is 2.35. The molecule has 0 spiro atoms. The average molecular weight is 324 g/mol. The lowest BCUT2D eigenvalue weighted by atomic mass is 10.2. The van der Waals surface area contributed by atoms with Crippen LogP contribution in [0.15, 0.2) is 65.8 Å². The zero-order chi connectivity index (χ0) is 15.5. The molecule has 0 bridgehead atoms. The van der Waals surface area contributed by atoms with Crippen LogP contribution in [0.4, 0.5) is 0 Å². The van der Waals surface area contributed by atoms with Crippen LogP contribution in [0.5, 0.6) is 11.5 Å². The first kappa shape index (κ1) is 14.2. The largest absolute Gasteiger partial charge is 0.486 e. The summed E-state index contributed by atoms with van der Waals surface area (Å²) >= 11 is 1.79. The summed E-state index contributed by atoms with van der Waals surface area (Å²) in [6.07, 6.45) is 3.73. The van der Waals surface area contributed by atoms with Gasteiger partial charge in [-0.3, -0.25) is 0 Å². The van der Waals surface area contributed by atoms with E-state index in [2.05, 4.69) is 41.5 Å². The summed E-state index contributed by atoms with van der Waals surface area (Å²) in [5, 5.41) is 4.24. The molecule has 1 aliphatic heterocycles. The van der Waals surface area contributed by atoms with E-state index in [1.54, 1.807) is 18.0 Å². The molecule has 0 unspecified atom stereocenters. The Labute approximate surface area is 139 Å². The molecule has 1 aliphatic rings. The molecule has 0 saturated carbocycles. The van der Waals surface area contributed by atoms with Crippen molar-refractivity contribution in [2.45, 2.75) is 10.6 Å². The van der Waals surface area contributed by atoms with Crippen molar-refractivity contribution in [1.82, 2.24) is 9.78 Å². The minimum Gasteiger partial charge on any atom is -0.486 e. The second-order valence-corrected chi connectivity index (χ2v) is 6.26. The molecule has 4 nitrogen and oxygen atoms in total. The highest BCUT2D eigenvalue weighted by molar-refractivity contribution is 7.98. The van der Waals surface area contributed by atoms with Crippen LogP contribution in [-0.4, -0.2) is 23.0 Å². The Bertz CT molecular complexity index is 785. The first-order chi connectivity index (χ1) is 11.4. The van der Waals surface area contributed by atoms with E-state index >= 15 is 0 Å². The Balaban J connectivity index is 1.43. The fourth-order valence-corrected chi connectivity index (χ4v) is 3.33. The van der Waals surface area contributed by atoms with E-state index in [0.29, 0.717) is 13.2 Å². The molecule has 0 fully saturated rings. The molecule has 0 atom stereocenters. The van der Waals surface area contributed by atoms with Crippen LogP contribution < -0.4 is 9.47 Å². The number of aromatic nitrogens is 2. The highest BCUT2D eigenvalue weighted by Gasteiger charge is 2.11. The van der Waals surface area contributed by atoms with Gasteiger partial charge in [-0.15, -0.1) is 11.8 Å². The Morgan fingerprint density at radius 1 is 1.00 bits per heavy atom. The summed E-state index contributed by atoms with van der Waals surface area (Å²) in [5.41, 5.74) is 2.35. The molecule has 116 valence electrons. The molecule has 0 radical (unpaired) electrons. The van der Waals surface area contributed by atoms with Gasteiger partial charge in [-0.05, 0) is 42.0 Å². The molecule has 2 aromatic carbocycles. The highest BCUT2D eigenvalue weighted by atomic mass is 32.2. The van der Waals surface area contributed by atoms with Crippen LogP contribution in [0.25, 0.3) is 5.69 Å². The second-order valence-electron chi connectivity index (χ2n) is 5.21. The first-order valence-corrected chi connectivity index (χ1v) is 8.48. The van der Waals surface area contributed by atoms with Crippen LogP contribution in [0, 0.1) is 0 Å². The van der Waals surface area contributed by atoms with Gasteiger partial charge in [-0.2, -0.15) is 5.10 Å². The number of benzene rings is 2. The molecular weight excluding hydrogens is 308 g/mol. The lowest BCUT2D eigenvalue weighted by molar-refractivity contribution is 0.171. The SMILES string of the molecule is c1cnn(-c2ccc(CSc3ccc4c(c3)OCCO4)cc2)c1. The van der Waals surface area contributed by atoms with Gasteiger partial charge < -0.3 is 9.47 Å². The Morgan fingerprint density at radius 2 is 1.83 bits per heavy atom. The zero-order valence-corrected chi connectivity index (χ0v) is 13.3. The van der Waals surface area contributed by atoms with Crippen molar-refractivity contribution < 1.29 is 9.47 Å². The van der Waals surface area contributed by atoms with E-state index in [1.807, 2.05) is 23.0 Å². The Morgan fingerprint density at radius 3 is 2.61 bits per heavy atom. The molecule has 23 heavy (non-hydrogen) atoms. The molecule has 5 heteroatoms. The lowest BCUT2D eigenvalue weighted by Crippen LogP contribution is -2.15. The first-order valence-electron chi connectivity index (χ1n) is 7.50. The topological polar surface area (TPSA) is 36.3 Å². The van der Waals surface area contributed by atoms with Gasteiger partial charge in [0.15, 0.2) is 11.5 Å². The molecule has 0 N–H and O–H groups in total. The van der Waals surface area contributed by atoms with Gasteiger partial charge in [0.05, 0.1) is 5.69 Å². The van der Waals surface area contributed by atoms with Crippen molar-refractivity contribution in [3.05, 3.63) is 66.5 Å². The monoisotopic (exact) mass is 324 g/mol. The van der Waals surface area contributed by atoms with Crippen LogP contribution in [-0.2, 0) is 5.75 Å². The average Bonchev–Trinajstić information content (AvgIpc) is 3.15. The molecule has 1 aromatic heterocycles. The summed E-state index contributed by atoms with van der Waals surface area (Å²) in [6, 6.07) is 16.5. The third kappa shape index (κ3) is 3.19. The van der Waals surface area contributed by atoms with Crippen molar-refractivity contribution >= 4 is 11.8 Å². The van der Waals surface area contributed by atoms with Gasteiger partial charge in [0.2, 0.25) is 0 Å². The van der Waals surface area contributed by atoms with Crippen LogP contribution in [0.2, 0.25) is 0 Å². The number of hydrogen-bond acceptors (Lipinski definition) is 4. The van der Waals surface area contributed by atoms with Gasteiger partial charge in [0.1, 0.15) is 13.2 Å². The molecule has 0 aliphatic carbocycles. The Kier molecular flexibility index (Phi) is 3.94. The van der Waals surface area contributed by atoms with E-state index < -0.39 is 0 Å². The van der Waals surface area contributed by atoms with Crippen LogP contribution in [0.3, 0.4) is 0 Å². The minimum atomic E-state index is 0.621. The zero-order valence-electron chi connectivity index (χ0n) is 12.5. The van der Waals surface area contributed by atoms with E-state index in [0.717, 1.165) is 22.9 Å². The van der Waals surface area contributed by atoms with E-state index in [-0.39, 0.29) is 0 Å². The lowest BCUT2D eigenvalue weighted by Gasteiger charge is -2.18. The van der Waals surface area contributed by atoms with Crippen molar-refractivity contribution in [2.24, 2.45) is 0 Å². The van der Waals surface area contributed by atoms with Crippen LogP contribution >= 0.6 is 11.8 Å². The smallest absolute Gasteiger partial charge is 0.162 e. The second kappa shape index (κ2) is 6.38. The minimum absolute atomic E-state index is 0.621. The molecule has 0 amide bonds. The van der Waals surface area contributed by atoms with E-state index in [1.165, 1.54) is 10.5 Å². The van der Waals surface area contributed by atoms with Gasteiger partial charge in [0.25, 0.3) is 0 Å². The van der Waals surface area contributed by atoms with Crippen LogP contribution in [0.1, 0.15) is 5.56 Å². The molecule has 0 saturated heterocycles. The molecular formula is C18H16N2O2S. The standard InChI is InChI=1S/C18H16N2O2S/c1-8-19-20(9-1)15-4-2-14(3-5-15)13-23-16-6-7-17-18(12-16)22-11-10-21-17/h1-9,12H,10-11,13H2. The van der Waals surface area contributed by atoms with Gasteiger partial charge >= 0.3 is 0 Å². The summed E-state index contributed by atoms with van der Waals surface area (Å²) < 4.78 is 13.0. The van der Waals surface area contributed by atoms with Crippen molar-refractivity contribution in [3.8, 4) is 17.2 Å². The maximum absolute atomic E-state index is 5.63. The predicted octanol–water partition coefficient (Wildman–Crippen LogP) is 3.94. The maximum atomic E-state index is 5.63. The third-order valence-corrected chi connectivity index (χ3v) is 4.69. The number of rotatable bonds is 4. The fourth-order valence-electron chi connectivity index (χ4n) is 2.45. The number of ether oxygens (including phenoxy) is 2.